The third kappa shape index (κ3) is 3.62. The Morgan fingerprint density at radius 2 is 2.32 bits per heavy atom. The van der Waals surface area contributed by atoms with Crippen LogP contribution < -0.4 is 0 Å². The Labute approximate surface area is 127 Å². The summed E-state index contributed by atoms with van der Waals surface area (Å²) in [6, 6.07) is 0. The lowest BCUT2D eigenvalue weighted by Gasteiger charge is -2.31. The molecule has 2 rings (SSSR count). The van der Waals surface area contributed by atoms with Gasteiger partial charge in [-0.15, -0.1) is 0 Å². The second-order valence-corrected chi connectivity index (χ2v) is 5.90. The highest BCUT2D eigenvalue weighted by Gasteiger charge is 2.23. The van der Waals surface area contributed by atoms with Crippen molar-refractivity contribution >= 4 is 28.1 Å². The molecule has 1 N–H and O–H groups in total. The van der Waals surface area contributed by atoms with E-state index in [1.807, 2.05) is 0 Å². The number of morpholine rings is 1. The van der Waals surface area contributed by atoms with Crippen molar-refractivity contribution in [2.45, 2.75) is 32.8 Å². The largest absolute Gasteiger partial charge is 0.368 e. The Balaban J connectivity index is 2.26. The Hall–Kier alpha value is -0.300. The van der Waals surface area contributed by atoms with Crippen molar-refractivity contribution in [2.75, 3.05) is 26.2 Å². The van der Waals surface area contributed by atoms with Gasteiger partial charge in [-0.2, -0.15) is 0 Å². The number of hydrogen-bond donors (Lipinski definition) is 1. The summed E-state index contributed by atoms with van der Waals surface area (Å²) >= 11 is 8.84. The molecule has 0 bridgehead atoms. The van der Waals surface area contributed by atoms with E-state index in [4.69, 9.17) is 17.0 Å². The highest BCUT2D eigenvalue weighted by Crippen LogP contribution is 2.23. The Morgan fingerprint density at radius 1 is 1.53 bits per heavy atom. The average Bonchev–Trinajstić information content (AvgIpc) is 2.44. The molecule has 1 aromatic heterocycles. The molecule has 0 saturated carbocycles. The summed E-state index contributed by atoms with van der Waals surface area (Å²) in [7, 11) is 0. The molecule has 0 radical (unpaired) electrons. The van der Waals surface area contributed by atoms with Crippen molar-refractivity contribution < 1.29 is 4.74 Å². The minimum atomic E-state index is -0.000828. The number of aromatic nitrogens is 2. The molecule has 1 unspecified atom stereocenters. The molecule has 4 nitrogen and oxygen atoms in total. The van der Waals surface area contributed by atoms with Gasteiger partial charge in [0.05, 0.1) is 11.1 Å². The van der Waals surface area contributed by atoms with E-state index in [1.165, 1.54) is 0 Å². The number of ether oxygens (including phenoxy) is 1. The van der Waals surface area contributed by atoms with Gasteiger partial charge in [-0.05, 0) is 28.9 Å². The number of aryl methyl sites for hydroxylation is 1. The zero-order valence-electron chi connectivity index (χ0n) is 11.4. The van der Waals surface area contributed by atoms with Gasteiger partial charge < -0.3 is 9.72 Å². The lowest BCUT2D eigenvalue weighted by atomic mass is 10.2. The van der Waals surface area contributed by atoms with E-state index in [0.29, 0.717) is 4.64 Å². The molecule has 0 amide bonds. The quantitative estimate of drug-likeness (QED) is 0.850. The molecule has 0 aromatic carbocycles. The van der Waals surface area contributed by atoms with Crippen LogP contribution in [-0.4, -0.2) is 41.1 Å². The van der Waals surface area contributed by atoms with Crippen LogP contribution in [0.1, 0.15) is 37.9 Å². The van der Waals surface area contributed by atoms with E-state index in [2.05, 4.69) is 44.6 Å². The summed E-state index contributed by atoms with van der Waals surface area (Å²) in [5, 5.41) is 0. The molecule has 2 heterocycles. The van der Waals surface area contributed by atoms with Gasteiger partial charge >= 0.3 is 0 Å². The SMILES string of the molecule is CCCc1[nH]c(C2CN(CC)CCO2)nc(=S)c1Br. The van der Waals surface area contributed by atoms with Crippen LogP contribution >= 0.6 is 28.1 Å². The fourth-order valence-electron chi connectivity index (χ4n) is 2.25. The number of aromatic amines is 1. The van der Waals surface area contributed by atoms with Crippen LogP contribution in [0.4, 0.5) is 0 Å². The summed E-state index contributed by atoms with van der Waals surface area (Å²) in [4.78, 5) is 10.2. The van der Waals surface area contributed by atoms with Crippen molar-refractivity contribution in [3.05, 3.63) is 20.6 Å². The second-order valence-electron chi connectivity index (χ2n) is 4.72. The fourth-order valence-corrected chi connectivity index (χ4v) is 2.86. The number of halogens is 1. The average molecular weight is 346 g/mol. The molecular formula is C13H20BrN3OS. The summed E-state index contributed by atoms with van der Waals surface area (Å²) < 4.78 is 7.36. The van der Waals surface area contributed by atoms with Crippen LogP contribution in [0.2, 0.25) is 0 Å². The van der Waals surface area contributed by atoms with Crippen molar-refractivity contribution in [3.63, 3.8) is 0 Å². The van der Waals surface area contributed by atoms with Gasteiger partial charge in [0, 0.05) is 18.8 Å². The first-order valence-corrected chi connectivity index (χ1v) is 7.98. The lowest BCUT2D eigenvalue weighted by Crippen LogP contribution is -2.38. The highest BCUT2D eigenvalue weighted by molar-refractivity contribution is 9.10. The standard InChI is InChI=1S/C13H20BrN3OS/c1-3-5-9-11(14)13(19)16-12(15-9)10-8-17(4-2)6-7-18-10/h10H,3-8H2,1-2H3,(H,15,16,19). The predicted octanol–water partition coefficient (Wildman–Crippen LogP) is 3.25. The molecule has 19 heavy (non-hydrogen) atoms. The van der Waals surface area contributed by atoms with Crippen LogP contribution in [-0.2, 0) is 11.2 Å². The summed E-state index contributed by atoms with van der Waals surface area (Å²) in [6.07, 6.45) is 2.03. The number of nitrogens with zero attached hydrogens (tertiary/aromatic N) is 2. The maximum absolute atomic E-state index is 5.83. The van der Waals surface area contributed by atoms with Crippen LogP contribution in [0.5, 0.6) is 0 Å². The first kappa shape index (κ1) is 15.1. The van der Waals surface area contributed by atoms with Crippen LogP contribution in [0.25, 0.3) is 0 Å². The minimum absolute atomic E-state index is 0.000828. The first-order chi connectivity index (χ1) is 9.15. The fraction of sp³-hybridized carbons (Fsp3) is 0.692. The lowest BCUT2D eigenvalue weighted by molar-refractivity contribution is -0.0327. The van der Waals surface area contributed by atoms with E-state index in [0.717, 1.165) is 55.1 Å². The van der Waals surface area contributed by atoms with Gasteiger partial charge in [0.1, 0.15) is 16.6 Å². The first-order valence-electron chi connectivity index (χ1n) is 6.78. The van der Waals surface area contributed by atoms with E-state index in [9.17, 15) is 0 Å². The van der Waals surface area contributed by atoms with Crippen LogP contribution in [0.15, 0.2) is 4.47 Å². The molecule has 0 spiro atoms. The van der Waals surface area contributed by atoms with Crippen molar-refractivity contribution in [2.24, 2.45) is 0 Å². The molecule has 1 aliphatic rings. The summed E-state index contributed by atoms with van der Waals surface area (Å²) in [6.45, 7) is 7.98. The third-order valence-electron chi connectivity index (χ3n) is 3.36. The molecule has 6 heteroatoms. The van der Waals surface area contributed by atoms with E-state index >= 15 is 0 Å². The monoisotopic (exact) mass is 345 g/mol. The number of rotatable bonds is 4. The van der Waals surface area contributed by atoms with Crippen molar-refractivity contribution in [1.29, 1.82) is 0 Å². The van der Waals surface area contributed by atoms with E-state index in [-0.39, 0.29) is 6.10 Å². The summed E-state index contributed by atoms with van der Waals surface area (Å²) in [5.41, 5.74) is 1.12. The number of nitrogens with one attached hydrogen (secondary N) is 1. The topological polar surface area (TPSA) is 41.2 Å². The molecule has 1 fully saturated rings. The minimum Gasteiger partial charge on any atom is -0.368 e. The predicted molar refractivity (Wildman–Crippen MR) is 81.9 cm³/mol. The van der Waals surface area contributed by atoms with Gasteiger partial charge in [0.15, 0.2) is 0 Å². The van der Waals surface area contributed by atoms with Gasteiger partial charge in [-0.3, -0.25) is 4.90 Å². The number of hydrogen-bond acceptors (Lipinski definition) is 4. The van der Waals surface area contributed by atoms with E-state index in [1.54, 1.807) is 0 Å². The molecular weight excluding hydrogens is 326 g/mol. The smallest absolute Gasteiger partial charge is 0.144 e. The van der Waals surface area contributed by atoms with Gasteiger partial charge in [-0.25, -0.2) is 4.98 Å². The molecule has 1 aromatic rings. The molecule has 1 saturated heterocycles. The van der Waals surface area contributed by atoms with Crippen LogP contribution in [0.3, 0.4) is 0 Å². The molecule has 106 valence electrons. The second kappa shape index (κ2) is 6.92. The molecule has 0 aliphatic carbocycles. The Kier molecular flexibility index (Phi) is 5.50. The summed E-state index contributed by atoms with van der Waals surface area (Å²) in [5.74, 6) is 0.856. The normalized spacial score (nSPS) is 20.7. The Morgan fingerprint density at radius 3 is 3.00 bits per heavy atom. The van der Waals surface area contributed by atoms with Gasteiger partial charge in [0.2, 0.25) is 0 Å². The van der Waals surface area contributed by atoms with Gasteiger partial charge in [-0.1, -0.05) is 32.5 Å². The van der Waals surface area contributed by atoms with Gasteiger partial charge in [0.25, 0.3) is 0 Å². The number of H-pyrrole nitrogens is 1. The zero-order chi connectivity index (χ0) is 13.8. The zero-order valence-corrected chi connectivity index (χ0v) is 13.8. The molecule has 1 aliphatic heterocycles. The van der Waals surface area contributed by atoms with E-state index < -0.39 is 0 Å². The maximum atomic E-state index is 5.83. The maximum Gasteiger partial charge on any atom is 0.144 e. The highest BCUT2D eigenvalue weighted by atomic mass is 79.9. The van der Waals surface area contributed by atoms with Crippen molar-refractivity contribution in [3.8, 4) is 0 Å². The molecule has 1 atom stereocenters. The Bertz CT molecular complexity index is 491. The third-order valence-corrected chi connectivity index (χ3v) is 4.77. The number of likely N-dealkylation sites (N-methyl/N-ethyl adjacent to an activating group) is 1. The van der Waals surface area contributed by atoms with Crippen LogP contribution in [0, 0.1) is 4.64 Å². The van der Waals surface area contributed by atoms with Crippen molar-refractivity contribution in [1.82, 2.24) is 14.9 Å².